The van der Waals surface area contributed by atoms with Crippen LogP contribution in [0.15, 0.2) is 59.5 Å². The van der Waals surface area contributed by atoms with Crippen molar-refractivity contribution < 1.29 is 14.3 Å². The number of aromatic amines is 1. The van der Waals surface area contributed by atoms with Crippen LogP contribution >= 0.6 is 0 Å². The van der Waals surface area contributed by atoms with Gasteiger partial charge in [0.05, 0.1) is 23.8 Å². The minimum atomic E-state index is -0.861. The molecule has 0 radical (unpaired) electrons. The third-order valence-electron chi connectivity index (χ3n) is 4.77. The lowest BCUT2D eigenvalue weighted by Gasteiger charge is -2.09. The third kappa shape index (κ3) is 3.12. The van der Waals surface area contributed by atoms with E-state index in [2.05, 4.69) is 30.5 Å². The molecule has 4 heterocycles. The molecule has 0 unspecified atom stereocenters. The van der Waals surface area contributed by atoms with E-state index in [1.165, 1.54) is 0 Å². The molecule has 0 fully saturated rings. The molecule has 0 amide bonds. The van der Waals surface area contributed by atoms with Gasteiger partial charge in [0.15, 0.2) is 17.2 Å². The molecule has 0 saturated heterocycles. The summed E-state index contributed by atoms with van der Waals surface area (Å²) in [5, 5.41) is 21.4. The summed E-state index contributed by atoms with van der Waals surface area (Å²) in [5.74, 6) is 0.0767. The van der Waals surface area contributed by atoms with Crippen molar-refractivity contribution in [1.29, 1.82) is 0 Å². The highest BCUT2D eigenvalue weighted by atomic mass is 16.4. The maximum atomic E-state index is 11.0. The first-order valence-corrected chi connectivity index (χ1v) is 9.29. The molecule has 0 aliphatic carbocycles. The fourth-order valence-electron chi connectivity index (χ4n) is 3.43. The van der Waals surface area contributed by atoms with Gasteiger partial charge >= 0.3 is 5.97 Å². The van der Waals surface area contributed by atoms with E-state index in [0.717, 1.165) is 27.7 Å². The molecule has 9 heteroatoms. The van der Waals surface area contributed by atoms with Gasteiger partial charge in [0.1, 0.15) is 0 Å². The highest BCUT2D eigenvalue weighted by Gasteiger charge is 2.20. The monoisotopic (exact) mass is 400 g/mol. The van der Waals surface area contributed by atoms with Gasteiger partial charge in [0, 0.05) is 47.2 Å². The van der Waals surface area contributed by atoms with E-state index in [4.69, 9.17) is 9.52 Å². The third-order valence-corrected chi connectivity index (χ3v) is 4.77. The van der Waals surface area contributed by atoms with Crippen LogP contribution in [-0.2, 0) is 11.2 Å². The standard InChI is InChI=1S/C21H16N6O3/c28-17(29)6-5-15-18-13(3-1-4-14(18)26-27-15)25-19-12-7-10-22-11-16(12)30-20(19)21-23-8-2-9-24-21/h1-4,7-11,25H,5-6H2,(H,26,27)(H,28,29). The zero-order valence-corrected chi connectivity index (χ0v) is 15.7. The van der Waals surface area contributed by atoms with Crippen LogP contribution in [0.3, 0.4) is 0 Å². The van der Waals surface area contributed by atoms with Crippen molar-refractivity contribution in [3.05, 3.63) is 60.8 Å². The molecule has 30 heavy (non-hydrogen) atoms. The summed E-state index contributed by atoms with van der Waals surface area (Å²) in [6.45, 7) is 0. The molecule has 0 saturated carbocycles. The first-order valence-electron chi connectivity index (χ1n) is 9.29. The number of pyridine rings is 1. The maximum absolute atomic E-state index is 11.0. The number of benzene rings is 1. The van der Waals surface area contributed by atoms with Crippen LogP contribution in [0.25, 0.3) is 33.5 Å². The van der Waals surface area contributed by atoms with Crippen LogP contribution in [0.5, 0.6) is 0 Å². The number of hydrogen-bond acceptors (Lipinski definition) is 7. The van der Waals surface area contributed by atoms with Crippen molar-refractivity contribution in [1.82, 2.24) is 25.1 Å². The topological polar surface area (TPSA) is 130 Å². The van der Waals surface area contributed by atoms with Crippen LogP contribution in [-0.4, -0.2) is 36.2 Å². The predicted molar refractivity (Wildman–Crippen MR) is 110 cm³/mol. The molecule has 3 N–H and O–H groups in total. The summed E-state index contributed by atoms with van der Waals surface area (Å²) >= 11 is 0. The second-order valence-electron chi connectivity index (χ2n) is 6.67. The average molecular weight is 400 g/mol. The molecule has 0 atom stereocenters. The van der Waals surface area contributed by atoms with Gasteiger partial charge in [-0.2, -0.15) is 5.10 Å². The fraction of sp³-hybridized carbons (Fsp3) is 0.0952. The maximum Gasteiger partial charge on any atom is 0.303 e. The normalized spacial score (nSPS) is 11.2. The van der Waals surface area contributed by atoms with E-state index in [1.54, 1.807) is 30.9 Å². The summed E-state index contributed by atoms with van der Waals surface area (Å²) < 4.78 is 6.01. The van der Waals surface area contributed by atoms with Crippen molar-refractivity contribution >= 4 is 39.2 Å². The van der Waals surface area contributed by atoms with Gasteiger partial charge in [-0.3, -0.25) is 14.9 Å². The molecular weight excluding hydrogens is 384 g/mol. The fourth-order valence-corrected chi connectivity index (χ4v) is 3.43. The number of anilines is 2. The van der Waals surface area contributed by atoms with E-state index >= 15 is 0 Å². The number of aliphatic carboxylic acids is 1. The molecule has 0 aliphatic heterocycles. The molecule has 1 aromatic carbocycles. The molecule has 0 bridgehead atoms. The van der Waals surface area contributed by atoms with Crippen molar-refractivity contribution in [2.24, 2.45) is 0 Å². The minimum Gasteiger partial charge on any atom is -0.481 e. The SMILES string of the molecule is O=C(O)CCc1[nH]nc2cccc(Nc3c(-c4ncccn4)oc4cnccc34)c12. The number of aryl methyl sites for hydroxylation is 1. The average Bonchev–Trinajstić information content (AvgIpc) is 3.35. The number of fused-ring (bicyclic) bond motifs is 2. The van der Waals surface area contributed by atoms with E-state index in [9.17, 15) is 4.79 Å². The summed E-state index contributed by atoms with van der Waals surface area (Å²) in [6, 6.07) is 9.27. The number of aromatic nitrogens is 5. The van der Waals surface area contributed by atoms with Gasteiger partial charge in [-0.15, -0.1) is 0 Å². The Morgan fingerprint density at radius 1 is 1.13 bits per heavy atom. The van der Waals surface area contributed by atoms with Gasteiger partial charge in [-0.25, -0.2) is 9.97 Å². The van der Waals surface area contributed by atoms with E-state index in [1.807, 2.05) is 24.3 Å². The Balaban J connectivity index is 1.65. The smallest absolute Gasteiger partial charge is 0.303 e. The Bertz CT molecular complexity index is 1360. The molecule has 0 spiro atoms. The van der Waals surface area contributed by atoms with Crippen LogP contribution in [0.1, 0.15) is 12.1 Å². The number of nitrogens with one attached hydrogen (secondary N) is 2. The summed E-state index contributed by atoms with van der Waals surface area (Å²) in [6.07, 6.45) is 6.99. The van der Waals surface area contributed by atoms with Gasteiger partial charge < -0.3 is 14.8 Å². The summed E-state index contributed by atoms with van der Waals surface area (Å²) in [4.78, 5) is 23.8. The second kappa shape index (κ2) is 7.28. The summed E-state index contributed by atoms with van der Waals surface area (Å²) in [7, 11) is 0. The molecule has 0 aliphatic rings. The van der Waals surface area contributed by atoms with E-state index < -0.39 is 5.97 Å². The molecule has 5 rings (SSSR count). The molecule has 9 nitrogen and oxygen atoms in total. The number of carbonyl (C=O) groups is 1. The highest BCUT2D eigenvalue weighted by Crippen LogP contribution is 2.39. The summed E-state index contributed by atoms with van der Waals surface area (Å²) in [5.41, 5.74) is 3.58. The van der Waals surface area contributed by atoms with Crippen molar-refractivity contribution in [2.75, 3.05) is 5.32 Å². The van der Waals surface area contributed by atoms with E-state index in [0.29, 0.717) is 29.3 Å². The number of carboxylic acids is 1. The van der Waals surface area contributed by atoms with E-state index in [-0.39, 0.29) is 6.42 Å². The van der Waals surface area contributed by atoms with Crippen molar-refractivity contribution in [2.45, 2.75) is 12.8 Å². The van der Waals surface area contributed by atoms with Crippen LogP contribution in [0.4, 0.5) is 11.4 Å². The molecule has 5 aromatic rings. The quantitative estimate of drug-likeness (QED) is 0.391. The Hall–Kier alpha value is -4.27. The minimum absolute atomic E-state index is 0.00897. The predicted octanol–water partition coefficient (Wildman–Crippen LogP) is 3.92. The Morgan fingerprint density at radius 2 is 2.00 bits per heavy atom. The largest absolute Gasteiger partial charge is 0.481 e. The second-order valence-corrected chi connectivity index (χ2v) is 6.67. The Kier molecular flexibility index (Phi) is 4.32. The van der Waals surface area contributed by atoms with Gasteiger partial charge in [-0.05, 0) is 24.3 Å². The Labute approximate surface area is 169 Å². The van der Waals surface area contributed by atoms with Crippen LogP contribution in [0, 0.1) is 0 Å². The van der Waals surface area contributed by atoms with Gasteiger partial charge in [0.2, 0.25) is 0 Å². The molecule has 4 aromatic heterocycles. The molecule has 148 valence electrons. The lowest BCUT2D eigenvalue weighted by atomic mass is 10.1. The van der Waals surface area contributed by atoms with Crippen LogP contribution in [0.2, 0.25) is 0 Å². The first kappa shape index (κ1) is 17.8. The number of rotatable bonds is 6. The zero-order chi connectivity index (χ0) is 20.5. The number of furan rings is 1. The number of carboxylic acid groups (broad SMARTS) is 1. The lowest BCUT2D eigenvalue weighted by Crippen LogP contribution is -1.99. The highest BCUT2D eigenvalue weighted by molar-refractivity contribution is 6.03. The van der Waals surface area contributed by atoms with Crippen molar-refractivity contribution in [3.63, 3.8) is 0 Å². The number of hydrogen-bond donors (Lipinski definition) is 3. The molecular formula is C21H16N6O3. The zero-order valence-electron chi connectivity index (χ0n) is 15.7. The number of nitrogens with zero attached hydrogens (tertiary/aromatic N) is 4. The number of H-pyrrole nitrogens is 1. The van der Waals surface area contributed by atoms with Crippen molar-refractivity contribution in [3.8, 4) is 11.6 Å². The van der Waals surface area contributed by atoms with Gasteiger partial charge in [0.25, 0.3) is 0 Å². The van der Waals surface area contributed by atoms with Gasteiger partial charge in [-0.1, -0.05) is 6.07 Å². The first-order chi connectivity index (χ1) is 14.7. The lowest BCUT2D eigenvalue weighted by molar-refractivity contribution is -0.136. The van der Waals surface area contributed by atoms with Crippen LogP contribution < -0.4 is 5.32 Å². The Morgan fingerprint density at radius 3 is 2.83 bits per heavy atom.